The van der Waals surface area contributed by atoms with Gasteiger partial charge in [0.05, 0.1) is 17.9 Å². The molecule has 2 heterocycles. The van der Waals surface area contributed by atoms with Crippen molar-refractivity contribution in [3.63, 3.8) is 0 Å². The van der Waals surface area contributed by atoms with E-state index >= 15 is 0 Å². The van der Waals surface area contributed by atoms with Crippen LogP contribution in [-0.4, -0.2) is 47.6 Å². The third-order valence-corrected chi connectivity index (χ3v) is 4.13. The van der Waals surface area contributed by atoms with Gasteiger partial charge in [0, 0.05) is 19.6 Å². The highest BCUT2D eigenvalue weighted by atomic mass is 32.1. The van der Waals surface area contributed by atoms with Crippen molar-refractivity contribution in [2.24, 2.45) is 0 Å². The summed E-state index contributed by atoms with van der Waals surface area (Å²) in [6, 6.07) is 0. The number of hydrogen-bond donors (Lipinski definition) is 1. The fourth-order valence-corrected chi connectivity index (χ4v) is 3.16. The molecule has 0 saturated carbocycles. The second kappa shape index (κ2) is 5.46. The minimum absolute atomic E-state index is 0.0653. The van der Waals surface area contributed by atoms with Crippen molar-refractivity contribution in [3.05, 3.63) is 10.6 Å². The molecule has 1 amide bonds. The number of amides is 1. The molecule has 1 aliphatic heterocycles. The summed E-state index contributed by atoms with van der Waals surface area (Å²) >= 11 is 1.43. The van der Waals surface area contributed by atoms with Gasteiger partial charge in [-0.15, -0.1) is 0 Å². The molecule has 0 spiro atoms. The van der Waals surface area contributed by atoms with E-state index in [4.69, 9.17) is 4.74 Å². The minimum Gasteiger partial charge on any atom is -0.372 e. The maximum atomic E-state index is 12.5. The Morgan fingerprint density at radius 3 is 2.95 bits per heavy atom. The van der Waals surface area contributed by atoms with Crippen LogP contribution in [0.15, 0.2) is 0 Å². The van der Waals surface area contributed by atoms with Crippen molar-refractivity contribution < 1.29 is 9.53 Å². The number of morpholine rings is 1. The molecule has 0 radical (unpaired) electrons. The summed E-state index contributed by atoms with van der Waals surface area (Å²) in [5, 5.41) is 3.97. The van der Waals surface area contributed by atoms with E-state index in [2.05, 4.69) is 10.3 Å². The molecule has 1 N–H and O–H groups in total. The monoisotopic (exact) mass is 283 g/mol. The lowest BCUT2D eigenvalue weighted by molar-refractivity contribution is -0.0763. The van der Waals surface area contributed by atoms with Gasteiger partial charge in [-0.05, 0) is 27.7 Å². The van der Waals surface area contributed by atoms with Gasteiger partial charge >= 0.3 is 0 Å². The number of nitrogens with one attached hydrogen (secondary N) is 1. The first kappa shape index (κ1) is 14.3. The predicted molar refractivity (Wildman–Crippen MR) is 76.9 cm³/mol. The average Bonchev–Trinajstić information content (AvgIpc) is 2.68. The SMILES string of the molecule is CCNc1nc(C)c(C(=O)N2CCOC(C)(C)C2)s1. The standard InChI is InChI=1S/C13H21N3O2S/c1-5-14-12-15-9(2)10(19-12)11(17)16-6-7-18-13(3,4)8-16/h5-8H2,1-4H3,(H,14,15). The van der Waals surface area contributed by atoms with E-state index < -0.39 is 0 Å². The Kier molecular flexibility index (Phi) is 4.10. The zero-order chi connectivity index (χ0) is 14.0. The van der Waals surface area contributed by atoms with Crippen LogP contribution in [0.5, 0.6) is 0 Å². The second-order valence-corrected chi connectivity index (χ2v) is 6.30. The quantitative estimate of drug-likeness (QED) is 0.923. The van der Waals surface area contributed by atoms with Crippen molar-refractivity contribution in [1.29, 1.82) is 0 Å². The number of rotatable bonds is 3. The molecule has 5 nitrogen and oxygen atoms in total. The molecule has 0 aromatic carbocycles. The van der Waals surface area contributed by atoms with Gasteiger partial charge in [-0.25, -0.2) is 4.98 Å². The van der Waals surface area contributed by atoms with Crippen molar-refractivity contribution in [2.75, 3.05) is 31.6 Å². The van der Waals surface area contributed by atoms with Gasteiger partial charge in [0.25, 0.3) is 5.91 Å². The molecule has 0 unspecified atom stereocenters. The lowest BCUT2D eigenvalue weighted by Gasteiger charge is -2.37. The number of carbonyl (C=O) groups is 1. The number of aromatic nitrogens is 1. The van der Waals surface area contributed by atoms with Gasteiger partial charge in [-0.2, -0.15) is 0 Å². The number of ether oxygens (including phenoxy) is 1. The van der Waals surface area contributed by atoms with E-state index in [1.807, 2.05) is 32.6 Å². The highest BCUT2D eigenvalue weighted by Gasteiger charge is 2.31. The van der Waals surface area contributed by atoms with E-state index in [1.54, 1.807) is 0 Å². The van der Waals surface area contributed by atoms with Crippen LogP contribution in [-0.2, 0) is 4.74 Å². The number of nitrogens with zero attached hydrogens (tertiary/aromatic N) is 2. The predicted octanol–water partition coefficient (Wildman–Crippen LogP) is 2.13. The molecule has 6 heteroatoms. The Morgan fingerprint density at radius 1 is 1.58 bits per heavy atom. The average molecular weight is 283 g/mol. The third kappa shape index (κ3) is 3.25. The van der Waals surface area contributed by atoms with Crippen LogP contribution in [0.2, 0.25) is 0 Å². The summed E-state index contributed by atoms with van der Waals surface area (Å²) in [6.45, 7) is 10.6. The first-order valence-corrected chi connectivity index (χ1v) is 7.39. The van der Waals surface area contributed by atoms with Gasteiger partial charge in [0.15, 0.2) is 5.13 Å². The summed E-state index contributed by atoms with van der Waals surface area (Å²) in [7, 11) is 0. The van der Waals surface area contributed by atoms with E-state index in [1.165, 1.54) is 11.3 Å². The summed E-state index contributed by atoms with van der Waals surface area (Å²) in [5.41, 5.74) is 0.534. The largest absolute Gasteiger partial charge is 0.372 e. The summed E-state index contributed by atoms with van der Waals surface area (Å²) in [5.74, 6) is 0.0653. The lowest BCUT2D eigenvalue weighted by Crippen LogP contribution is -2.50. The summed E-state index contributed by atoms with van der Waals surface area (Å²) in [4.78, 5) is 19.5. The van der Waals surface area contributed by atoms with Crippen LogP contribution >= 0.6 is 11.3 Å². The molecule has 2 rings (SSSR count). The Morgan fingerprint density at radius 2 is 2.32 bits per heavy atom. The first-order chi connectivity index (χ1) is 8.93. The maximum absolute atomic E-state index is 12.5. The fraction of sp³-hybridized carbons (Fsp3) is 0.692. The molecule has 1 saturated heterocycles. The molecular weight excluding hydrogens is 262 g/mol. The van der Waals surface area contributed by atoms with Crippen LogP contribution in [0.4, 0.5) is 5.13 Å². The topological polar surface area (TPSA) is 54.5 Å². The molecule has 0 bridgehead atoms. The summed E-state index contributed by atoms with van der Waals surface area (Å²) < 4.78 is 5.64. The Balaban J connectivity index is 2.15. The molecule has 1 fully saturated rings. The van der Waals surface area contributed by atoms with E-state index in [9.17, 15) is 4.79 Å². The number of anilines is 1. The van der Waals surface area contributed by atoms with Gasteiger partial charge in [0.1, 0.15) is 4.88 Å². The van der Waals surface area contributed by atoms with Crippen LogP contribution in [0.1, 0.15) is 36.1 Å². The zero-order valence-corrected chi connectivity index (χ0v) is 12.8. The van der Waals surface area contributed by atoms with Gasteiger partial charge in [0.2, 0.25) is 0 Å². The van der Waals surface area contributed by atoms with E-state index in [0.29, 0.717) is 19.7 Å². The van der Waals surface area contributed by atoms with Crippen molar-refractivity contribution in [3.8, 4) is 0 Å². The number of hydrogen-bond acceptors (Lipinski definition) is 5. The molecule has 0 atom stereocenters. The smallest absolute Gasteiger partial charge is 0.266 e. The lowest BCUT2D eigenvalue weighted by atomic mass is 10.1. The normalized spacial score (nSPS) is 18.4. The van der Waals surface area contributed by atoms with Crippen molar-refractivity contribution >= 4 is 22.4 Å². The van der Waals surface area contributed by atoms with Crippen LogP contribution in [0, 0.1) is 6.92 Å². The molecule has 19 heavy (non-hydrogen) atoms. The molecule has 1 aromatic heterocycles. The molecular formula is C13H21N3O2S. The van der Waals surface area contributed by atoms with Crippen LogP contribution in [0.25, 0.3) is 0 Å². The molecule has 1 aromatic rings. The Labute approximate surface area is 118 Å². The fourth-order valence-electron chi connectivity index (χ4n) is 2.16. The number of aryl methyl sites for hydroxylation is 1. The number of thiazole rings is 1. The highest BCUT2D eigenvalue weighted by Crippen LogP contribution is 2.26. The minimum atomic E-state index is -0.267. The molecule has 1 aliphatic rings. The van der Waals surface area contributed by atoms with Crippen LogP contribution < -0.4 is 5.32 Å². The summed E-state index contributed by atoms with van der Waals surface area (Å²) in [6.07, 6.45) is 0. The van der Waals surface area contributed by atoms with E-state index in [0.717, 1.165) is 22.2 Å². The Hall–Kier alpha value is -1.14. The van der Waals surface area contributed by atoms with Gasteiger partial charge < -0.3 is 15.0 Å². The Bertz CT molecular complexity index is 470. The molecule has 106 valence electrons. The van der Waals surface area contributed by atoms with E-state index in [-0.39, 0.29) is 11.5 Å². The second-order valence-electron chi connectivity index (χ2n) is 5.30. The number of carbonyl (C=O) groups excluding carboxylic acids is 1. The van der Waals surface area contributed by atoms with Gasteiger partial charge in [-0.3, -0.25) is 4.79 Å². The highest BCUT2D eigenvalue weighted by molar-refractivity contribution is 7.17. The van der Waals surface area contributed by atoms with Crippen LogP contribution in [0.3, 0.4) is 0 Å². The first-order valence-electron chi connectivity index (χ1n) is 6.57. The maximum Gasteiger partial charge on any atom is 0.266 e. The van der Waals surface area contributed by atoms with Gasteiger partial charge in [-0.1, -0.05) is 11.3 Å². The van der Waals surface area contributed by atoms with Crippen molar-refractivity contribution in [2.45, 2.75) is 33.3 Å². The zero-order valence-electron chi connectivity index (χ0n) is 11.9. The molecule has 0 aliphatic carbocycles. The third-order valence-electron chi connectivity index (χ3n) is 3.03. The van der Waals surface area contributed by atoms with Crippen molar-refractivity contribution in [1.82, 2.24) is 9.88 Å².